The number of aliphatic hydroxyl groups is 1. The highest BCUT2D eigenvalue weighted by Crippen LogP contribution is 2.31. The molecule has 0 radical (unpaired) electrons. The Morgan fingerprint density at radius 3 is 2.01 bits per heavy atom. The van der Waals surface area contributed by atoms with Crippen molar-refractivity contribution >= 4 is 59.3 Å². The van der Waals surface area contributed by atoms with E-state index in [1.54, 1.807) is 111 Å². The van der Waals surface area contributed by atoms with Gasteiger partial charge in [0.05, 0.1) is 67.1 Å². The number of hydrogen-bond acceptors (Lipinski definition) is 16. The van der Waals surface area contributed by atoms with Crippen molar-refractivity contribution in [2.45, 2.75) is 201 Å². The molecule has 12 atom stereocenters. The van der Waals surface area contributed by atoms with Crippen LogP contribution in [-0.2, 0) is 54.3 Å². The van der Waals surface area contributed by atoms with Crippen LogP contribution in [0.4, 0.5) is 20.1 Å². The summed E-state index contributed by atoms with van der Waals surface area (Å²) >= 11 is 0. The van der Waals surface area contributed by atoms with Crippen molar-refractivity contribution in [3.8, 4) is 5.75 Å². The fourth-order valence-corrected chi connectivity index (χ4v) is 11.0. The van der Waals surface area contributed by atoms with Gasteiger partial charge in [-0.15, -0.1) is 0 Å². The highest BCUT2D eigenvalue weighted by Gasteiger charge is 2.44. The zero-order valence-electron chi connectivity index (χ0n) is 56.7. The van der Waals surface area contributed by atoms with Gasteiger partial charge in [-0.1, -0.05) is 105 Å². The second kappa shape index (κ2) is 37.3. The van der Waals surface area contributed by atoms with Gasteiger partial charge in [0.1, 0.15) is 42.7 Å². The molecule has 0 saturated carbocycles. The first kappa shape index (κ1) is 78.0. The van der Waals surface area contributed by atoms with Crippen molar-refractivity contribution < 1.29 is 71.9 Å². The standard InChI is InChI=1S/C65H107N11O15/c1-18-40(8)54(49(87-16)35-50(77)76-32-23-27-47(76)56(88-17)41(9)57(79)70-42(10)55(78)44-24-20-19-21-25-44)74(14)61(83)52(38(4)5)73-60(82)53(39(6)7)75(15)64(86)90-36-43-28-29-45(48(34-43)89-33-31-69-63(85)91-65(11,12)13)71-58(80)46(26-22-30-68-62(67)84)72-59(81)51(66)37(2)3/h19-21,24-25,28-29,34,37-42,46-47,49,51-56,78H,18,22-23,26-27,30-33,35-36,66H2,1-17H3,(H,69,85)(H,70,79)(H,71,80)(H,72,81)(H,73,82)(H3,67,68,84)/t40-,41+,42+,46-,47-,49+,51-,52-,53-,54-,55+,56+/m0/s1. The molecule has 11 N–H and O–H groups in total. The summed E-state index contributed by atoms with van der Waals surface area (Å²) in [6.45, 7) is 23.3. The Balaban J connectivity index is 1.83. The van der Waals surface area contributed by atoms with E-state index in [2.05, 4.69) is 31.9 Å². The minimum absolute atomic E-state index is 0.0133. The molecule has 0 bridgehead atoms. The molecule has 0 aliphatic carbocycles. The molecule has 91 heavy (non-hydrogen) atoms. The molecule has 0 spiro atoms. The second-order valence-electron chi connectivity index (χ2n) is 25.7. The number of anilines is 1. The van der Waals surface area contributed by atoms with Gasteiger partial charge >= 0.3 is 18.2 Å². The van der Waals surface area contributed by atoms with E-state index in [4.69, 9.17) is 35.2 Å². The number of likely N-dealkylation sites (tertiary alicyclic amines) is 1. The Morgan fingerprint density at radius 1 is 0.780 bits per heavy atom. The van der Waals surface area contributed by atoms with Crippen LogP contribution in [-0.4, -0.2) is 188 Å². The SMILES string of the molecule is CC[C@H](C)[C@@H]([C@@H](CC(=O)N1CCC[C@H]1[C@H](OC)[C@@H](C)C(=O)N[C@H](C)[C@@H](O)c1ccccc1)OC)N(C)C(=O)[C@@H](NC(=O)[C@H](C(C)C)N(C)C(=O)OCc1ccc(NC(=O)[C@H](CCCNC(N)=O)NC(=O)[C@@H](N)C(C)C)c(OCCNC(=O)OC(C)(C)C)c1)C(C)C. The first-order valence-electron chi connectivity index (χ1n) is 31.7. The monoisotopic (exact) mass is 1280 g/mol. The molecule has 1 fully saturated rings. The van der Waals surface area contributed by atoms with Crippen LogP contribution in [0.3, 0.4) is 0 Å². The van der Waals surface area contributed by atoms with Gasteiger partial charge in [0.15, 0.2) is 0 Å². The Morgan fingerprint density at radius 2 is 1.44 bits per heavy atom. The minimum atomic E-state index is -1.13. The van der Waals surface area contributed by atoms with Gasteiger partial charge in [0, 0.05) is 41.4 Å². The van der Waals surface area contributed by atoms with Crippen molar-refractivity contribution in [1.29, 1.82) is 0 Å². The molecule has 1 aliphatic rings. The number of nitrogens with one attached hydrogen (secondary N) is 6. The molecular formula is C65H107N11O15. The van der Waals surface area contributed by atoms with Crippen LogP contribution < -0.4 is 48.1 Å². The number of urea groups is 1. The molecule has 2 aromatic carbocycles. The number of aliphatic hydroxyl groups excluding tert-OH is 1. The molecule has 26 nitrogen and oxygen atoms in total. The number of hydrogen-bond donors (Lipinski definition) is 9. The van der Waals surface area contributed by atoms with Crippen molar-refractivity contribution in [3.63, 3.8) is 0 Å². The van der Waals surface area contributed by atoms with E-state index in [-0.39, 0.29) is 80.7 Å². The van der Waals surface area contributed by atoms with Crippen LogP contribution in [0.2, 0.25) is 0 Å². The van der Waals surface area contributed by atoms with Crippen molar-refractivity contribution in [3.05, 3.63) is 59.7 Å². The quantitative estimate of drug-likeness (QED) is 0.0393. The molecule has 1 heterocycles. The largest absolute Gasteiger partial charge is 0.490 e. The number of carbonyl (C=O) groups excluding carboxylic acids is 9. The van der Waals surface area contributed by atoms with Gasteiger partial charge in [-0.25, -0.2) is 14.4 Å². The maximum Gasteiger partial charge on any atom is 0.410 e. The number of carbonyl (C=O) groups is 9. The third-order valence-corrected chi connectivity index (χ3v) is 16.4. The smallest absolute Gasteiger partial charge is 0.410 e. The molecule has 26 heteroatoms. The molecular weight excluding hydrogens is 1170 g/mol. The summed E-state index contributed by atoms with van der Waals surface area (Å²) in [7, 11) is 6.05. The van der Waals surface area contributed by atoms with Crippen LogP contribution in [0, 0.1) is 29.6 Å². The fourth-order valence-electron chi connectivity index (χ4n) is 11.0. The lowest BCUT2D eigenvalue weighted by Gasteiger charge is -2.41. The van der Waals surface area contributed by atoms with Crippen molar-refractivity contribution in [1.82, 2.24) is 41.3 Å². The second-order valence-corrected chi connectivity index (χ2v) is 25.7. The molecule has 1 saturated heterocycles. The van der Waals surface area contributed by atoms with E-state index >= 15 is 0 Å². The average Bonchev–Trinajstić information content (AvgIpc) is 1.92. The number of methoxy groups -OCH3 is 2. The number of likely N-dealkylation sites (N-methyl/N-ethyl adjacent to an activating group) is 2. The summed E-state index contributed by atoms with van der Waals surface area (Å²) in [5.74, 6) is -4.78. The number of nitrogens with two attached hydrogens (primary N) is 2. The summed E-state index contributed by atoms with van der Waals surface area (Å²) < 4.78 is 29.3. The van der Waals surface area contributed by atoms with E-state index in [9.17, 15) is 48.3 Å². The number of benzene rings is 2. The first-order chi connectivity index (χ1) is 42.7. The Labute approximate surface area is 538 Å². The van der Waals surface area contributed by atoms with Gasteiger partial charge in [0.2, 0.25) is 35.4 Å². The Bertz CT molecular complexity index is 2690. The van der Waals surface area contributed by atoms with Crippen molar-refractivity contribution in [2.75, 3.05) is 59.9 Å². The number of rotatable bonds is 35. The van der Waals surface area contributed by atoms with Gasteiger partial charge in [-0.3, -0.25) is 33.7 Å². The van der Waals surface area contributed by atoms with E-state index in [1.165, 1.54) is 33.4 Å². The van der Waals surface area contributed by atoms with Crippen LogP contribution in [0.25, 0.3) is 0 Å². The lowest BCUT2D eigenvalue weighted by molar-refractivity contribution is -0.148. The summed E-state index contributed by atoms with van der Waals surface area (Å²) in [6, 6.07) is 6.94. The molecule has 2 aromatic rings. The summed E-state index contributed by atoms with van der Waals surface area (Å²) in [5, 5.41) is 27.4. The molecule has 3 rings (SSSR count). The number of amides is 10. The lowest BCUT2D eigenvalue weighted by Crippen LogP contribution is -2.60. The number of primary amides is 1. The summed E-state index contributed by atoms with van der Waals surface area (Å²) in [6.07, 6.45) is -1.85. The predicted octanol–water partition coefficient (Wildman–Crippen LogP) is 5.34. The summed E-state index contributed by atoms with van der Waals surface area (Å²) in [4.78, 5) is 127. The molecule has 0 unspecified atom stereocenters. The summed E-state index contributed by atoms with van der Waals surface area (Å²) in [5.41, 5.74) is 11.8. The van der Waals surface area contributed by atoms with Crippen LogP contribution in [0.15, 0.2) is 48.5 Å². The van der Waals surface area contributed by atoms with Gasteiger partial charge in [-0.05, 0) is 100 Å². The zero-order valence-corrected chi connectivity index (χ0v) is 56.7. The first-order valence-corrected chi connectivity index (χ1v) is 31.7. The van der Waals surface area contributed by atoms with Crippen LogP contribution in [0.1, 0.15) is 146 Å². The van der Waals surface area contributed by atoms with E-state index < -0.39 is 126 Å². The molecule has 0 aromatic heterocycles. The van der Waals surface area contributed by atoms with Gasteiger partial charge < -0.3 is 82.0 Å². The molecule has 1 aliphatic heterocycles. The molecule has 10 amide bonds. The Kier molecular flexibility index (Phi) is 31.9. The van der Waals surface area contributed by atoms with Crippen molar-refractivity contribution in [2.24, 2.45) is 41.1 Å². The third kappa shape index (κ3) is 24.0. The maximum absolute atomic E-state index is 14.9. The number of nitrogens with zero attached hydrogens (tertiary/aromatic N) is 3. The van der Waals surface area contributed by atoms with Gasteiger partial charge in [0.25, 0.3) is 0 Å². The number of ether oxygens (including phenoxy) is 5. The molecule has 512 valence electrons. The fraction of sp³-hybridized carbons (Fsp3) is 0.677. The van der Waals surface area contributed by atoms with E-state index in [0.29, 0.717) is 36.9 Å². The predicted molar refractivity (Wildman–Crippen MR) is 345 cm³/mol. The minimum Gasteiger partial charge on any atom is -0.490 e. The highest BCUT2D eigenvalue weighted by molar-refractivity contribution is 5.99. The van der Waals surface area contributed by atoms with Crippen LogP contribution in [0.5, 0.6) is 5.75 Å². The third-order valence-electron chi connectivity index (χ3n) is 16.4. The van der Waals surface area contributed by atoms with Crippen LogP contribution >= 0.6 is 0 Å². The Hall–Kier alpha value is -7.29. The maximum atomic E-state index is 14.9. The topological polar surface area (TPSA) is 354 Å². The van der Waals surface area contributed by atoms with Gasteiger partial charge in [-0.2, -0.15) is 0 Å². The lowest BCUT2D eigenvalue weighted by atomic mass is 9.89. The zero-order chi connectivity index (χ0) is 68.6. The average molecular weight is 1280 g/mol. The van der Waals surface area contributed by atoms with E-state index in [0.717, 1.165) is 4.90 Å². The van der Waals surface area contributed by atoms with E-state index in [1.807, 2.05) is 32.0 Å². The highest BCUT2D eigenvalue weighted by atomic mass is 16.6. The number of alkyl carbamates (subject to hydrolysis) is 1. The normalized spacial score (nSPS) is 16.9.